The third-order valence-electron chi connectivity index (χ3n) is 4.50. The third kappa shape index (κ3) is 2.24. The highest BCUT2D eigenvalue weighted by molar-refractivity contribution is 5.80. The normalized spacial score (nSPS) is 26.0. The predicted octanol–water partition coefficient (Wildman–Crippen LogP) is 2.20. The summed E-state index contributed by atoms with van der Waals surface area (Å²) in [6, 6.07) is 0. The molecular formula is C13H23NO2. The number of hydrogen-bond acceptors (Lipinski definition) is 2. The minimum Gasteiger partial charge on any atom is -0.372 e. The summed E-state index contributed by atoms with van der Waals surface area (Å²) in [5.41, 5.74) is 0.590. The van der Waals surface area contributed by atoms with Crippen LogP contribution in [-0.4, -0.2) is 37.1 Å². The number of piperidine rings is 1. The third-order valence-corrected chi connectivity index (χ3v) is 4.50. The van der Waals surface area contributed by atoms with Gasteiger partial charge < -0.3 is 9.64 Å². The lowest BCUT2D eigenvalue weighted by molar-refractivity contribution is -0.143. The maximum atomic E-state index is 11.9. The van der Waals surface area contributed by atoms with E-state index in [1.165, 1.54) is 38.5 Å². The van der Waals surface area contributed by atoms with Crippen molar-refractivity contribution < 1.29 is 9.53 Å². The van der Waals surface area contributed by atoms with Crippen LogP contribution in [0.1, 0.15) is 45.4 Å². The molecule has 1 atom stereocenters. The second-order valence-corrected chi connectivity index (χ2v) is 5.41. The Morgan fingerprint density at radius 1 is 1.19 bits per heavy atom. The number of methoxy groups -OCH3 is 1. The van der Waals surface area contributed by atoms with Crippen LogP contribution < -0.4 is 0 Å². The second-order valence-electron chi connectivity index (χ2n) is 5.41. The number of carbonyl (C=O) groups excluding carboxylic acids is 1. The minimum absolute atomic E-state index is 0.162. The molecule has 1 heterocycles. The Morgan fingerprint density at radius 3 is 2.25 bits per heavy atom. The fraction of sp³-hybridized carbons (Fsp3) is 0.923. The summed E-state index contributed by atoms with van der Waals surface area (Å²) >= 11 is 0. The molecule has 0 aromatic heterocycles. The molecule has 1 aliphatic heterocycles. The van der Waals surface area contributed by atoms with E-state index in [1.807, 2.05) is 11.8 Å². The standard InChI is InChI=1S/C13H23NO2/c1-11(16-2)12(15)14-9-7-13(8-10-14)5-3-4-6-13/h11H,3-10H2,1-2H3. The zero-order valence-corrected chi connectivity index (χ0v) is 10.5. The highest BCUT2D eigenvalue weighted by Gasteiger charge is 2.38. The van der Waals surface area contributed by atoms with Crippen molar-refractivity contribution in [3.63, 3.8) is 0 Å². The van der Waals surface area contributed by atoms with Crippen molar-refractivity contribution in [3.05, 3.63) is 0 Å². The van der Waals surface area contributed by atoms with Gasteiger partial charge in [0.25, 0.3) is 5.91 Å². The Kier molecular flexibility index (Phi) is 3.53. The zero-order chi connectivity index (χ0) is 11.6. The van der Waals surface area contributed by atoms with Crippen LogP contribution in [-0.2, 0) is 9.53 Å². The molecule has 3 nitrogen and oxygen atoms in total. The summed E-state index contributed by atoms with van der Waals surface area (Å²) in [4.78, 5) is 13.9. The number of amides is 1. The van der Waals surface area contributed by atoms with Crippen molar-refractivity contribution in [1.29, 1.82) is 0 Å². The topological polar surface area (TPSA) is 29.5 Å². The van der Waals surface area contributed by atoms with Gasteiger partial charge in [-0.2, -0.15) is 0 Å². The lowest BCUT2D eigenvalue weighted by atomic mass is 9.77. The molecule has 0 aromatic carbocycles. The van der Waals surface area contributed by atoms with Gasteiger partial charge in [0.1, 0.15) is 6.10 Å². The lowest BCUT2D eigenvalue weighted by Crippen LogP contribution is -2.46. The highest BCUT2D eigenvalue weighted by atomic mass is 16.5. The number of hydrogen-bond donors (Lipinski definition) is 0. The molecule has 0 radical (unpaired) electrons. The molecule has 1 amide bonds. The average Bonchev–Trinajstić information content (AvgIpc) is 2.77. The van der Waals surface area contributed by atoms with Crippen LogP contribution in [0.4, 0.5) is 0 Å². The SMILES string of the molecule is COC(C)C(=O)N1CCC2(CCCC2)CC1. The van der Waals surface area contributed by atoms with Gasteiger partial charge in [0.05, 0.1) is 0 Å². The number of carbonyl (C=O) groups is 1. The Labute approximate surface area is 98.1 Å². The van der Waals surface area contributed by atoms with Crippen LogP contribution in [0.15, 0.2) is 0 Å². The number of ether oxygens (including phenoxy) is 1. The minimum atomic E-state index is -0.280. The van der Waals surface area contributed by atoms with Gasteiger partial charge in [-0.25, -0.2) is 0 Å². The predicted molar refractivity (Wildman–Crippen MR) is 63.2 cm³/mol. The first-order valence-electron chi connectivity index (χ1n) is 6.48. The summed E-state index contributed by atoms with van der Waals surface area (Å²) in [6.45, 7) is 3.71. The van der Waals surface area contributed by atoms with Crippen molar-refractivity contribution in [2.75, 3.05) is 20.2 Å². The molecule has 16 heavy (non-hydrogen) atoms. The second kappa shape index (κ2) is 4.74. The number of rotatable bonds is 2. The first-order chi connectivity index (χ1) is 7.67. The summed E-state index contributed by atoms with van der Waals surface area (Å²) < 4.78 is 5.09. The Bertz CT molecular complexity index is 249. The molecule has 0 aromatic rings. The van der Waals surface area contributed by atoms with Gasteiger partial charge in [0.15, 0.2) is 0 Å². The molecule has 1 aliphatic carbocycles. The van der Waals surface area contributed by atoms with E-state index in [-0.39, 0.29) is 12.0 Å². The molecular weight excluding hydrogens is 202 g/mol. The molecule has 2 fully saturated rings. The van der Waals surface area contributed by atoms with Crippen molar-refractivity contribution >= 4 is 5.91 Å². The smallest absolute Gasteiger partial charge is 0.251 e. The number of likely N-dealkylation sites (tertiary alicyclic amines) is 1. The van der Waals surface area contributed by atoms with E-state index in [2.05, 4.69) is 0 Å². The van der Waals surface area contributed by atoms with Gasteiger partial charge in [0, 0.05) is 20.2 Å². The van der Waals surface area contributed by atoms with Gasteiger partial charge >= 0.3 is 0 Å². The van der Waals surface area contributed by atoms with Crippen LogP contribution >= 0.6 is 0 Å². The molecule has 0 bridgehead atoms. The fourth-order valence-electron chi connectivity index (χ4n) is 3.18. The summed E-state index contributed by atoms with van der Waals surface area (Å²) in [5, 5.41) is 0. The molecule has 0 N–H and O–H groups in total. The Balaban J connectivity index is 1.87. The quantitative estimate of drug-likeness (QED) is 0.721. The first kappa shape index (κ1) is 11.9. The summed E-state index contributed by atoms with van der Waals surface area (Å²) in [6.07, 6.45) is 7.68. The van der Waals surface area contributed by atoms with Crippen LogP contribution in [0, 0.1) is 5.41 Å². The molecule has 1 spiro atoms. The van der Waals surface area contributed by atoms with E-state index in [9.17, 15) is 4.79 Å². The van der Waals surface area contributed by atoms with Crippen LogP contribution in [0.3, 0.4) is 0 Å². The largest absolute Gasteiger partial charge is 0.372 e. The van der Waals surface area contributed by atoms with E-state index < -0.39 is 0 Å². The fourth-order valence-corrected chi connectivity index (χ4v) is 3.18. The van der Waals surface area contributed by atoms with E-state index >= 15 is 0 Å². The Morgan fingerprint density at radius 2 is 1.75 bits per heavy atom. The van der Waals surface area contributed by atoms with Crippen molar-refractivity contribution in [2.24, 2.45) is 5.41 Å². The van der Waals surface area contributed by atoms with E-state index in [1.54, 1.807) is 7.11 Å². The molecule has 1 saturated heterocycles. The maximum Gasteiger partial charge on any atom is 0.251 e. The van der Waals surface area contributed by atoms with Crippen LogP contribution in [0.5, 0.6) is 0 Å². The van der Waals surface area contributed by atoms with Crippen molar-refractivity contribution in [1.82, 2.24) is 4.90 Å². The van der Waals surface area contributed by atoms with E-state index in [0.717, 1.165) is 13.1 Å². The zero-order valence-electron chi connectivity index (χ0n) is 10.5. The van der Waals surface area contributed by atoms with E-state index in [0.29, 0.717) is 5.41 Å². The maximum absolute atomic E-state index is 11.9. The van der Waals surface area contributed by atoms with Gasteiger partial charge in [-0.1, -0.05) is 12.8 Å². The summed E-state index contributed by atoms with van der Waals surface area (Å²) in [7, 11) is 1.60. The van der Waals surface area contributed by atoms with Gasteiger partial charge in [0.2, 0.25) is 0 Å². The monoisotopic (exact) mass is 225 g/mol. The van der Waals surface area contributed by atoms with Crippen molar-refractivity contribution in [2.45, 2.75) is 51.6 Å². The highest BCUT2D eigenvalue weighted by Crippen LogP contribution is 2.46. The molecule has 1 unspecified atom stereocenters. The molecule has 3 heteroatoms. The first-order valence-corrected chi connectivity index (χ1v) is 6.48. The van der Waals surface area contributed by atoms with Crippen LogP contribution in [0.2, 0.25) is 0 Å². The lowest BCUT2D eigenvalue weighted by Gasteiger charge is -2.40. The molecule has 1 saturated carbocycles. The van der Waals surface area contributed by atoms with E-state index in [4.69, 9.17) is 4.74 Å². The number of nitrogens with zero attached hydrogens (tertiary/aromatic N) is 1. The molecule has 2 rings (SSSR count). The van der Waals surface area contributed by atoms with Gasteiger partial charge in [-0.05, 0) is 38.0 Å². The van der Waals surface area contributed by atoms with Crippen LogP contribution in [0.25, 0.3) is 0 Å². The summed E-state index contributed by atoms with van der Waals surface area (Å²) in [5.74, 6) is 0.162. The van der Waals surface area contributed by atoms with Gasteiger partial charge in [-0.15, -0.1) is 0 Å². The van der Waals surface area contributed by atoms with Crippen molar-refractivity contribution in [3.8, 4) is 0 Å². The average molecular weight is 225 g/mol. The Hall–Kier alpha value is -0.570. The molecule has 2 aliphatic rings. The van der Waals surface area contributed by atoms with Gasteiger partial charge in [-0.3, -0.25) is 4.79 Å². The molecule has 92 valence electrons.